The molecular formula is C17H18ClNO5S. The monoisotopic (exact) mass is 383 g/mol. The van der Waals surface area contributed by atoms with Crippen molar-refractivity contribution < 1.29 is 22.7 Å². The number of halogens is 1. The van der Waals surface area contributed by atoms with Gasteiger partial charge in [0, 0.05) is 11.6 Å². The number of sulfonamides is 1. The van der Waals surface area contributed by atoms with Crippen LogP contribution in [0.1, 0.15) is 6.42 Å². The molecule has 0 amide bonds. The zero-order chi connectivity index (χ0) is 18.1. The van der Waals surface area contributed by atoms with Crippen molar-refractivity contribution in [3.05, 3.63) is 59.6 Å². The minimum absolute atomic E-state index is 0.0336. The van der Waals surface area contributed by atoms with Crippen LogP contribution in [0.4, 0.5) is 0 Å². The number of hydrogen-bond acceptors (Lipinski definition) is 5. The lowest BCUT2D eigenvalue weighted by Gasteiger charge is -2.08. The van der Waals surface area contributed by atoms with Gasteiger partial charge in [-0.2, -0.15) is 0 Å². The minimum atomic E-state index is -3.61. The number of carbonyl (C=O) groups excluding carboxylic acids is 1. The van der Waals surface area contributed by atoms with E-state index in [9.17, 15) is 13.2 Å². The maximum atomic E-state index is 12.0. The summed E-state index contributed by atoms with van der Waals surface area (Å²) in [5.41, 5.74) is 0. The van der Waals surface area contributed by atoms with E-state index in [1.807, 2.05) is 0 Å². The molecule has 2 aromatic rings. The molecule has 0 heterocycles. The number of rotatable bonds is 9. The Morgan fingerprint density at radius 1 is 1.00 bits per heavy atom. The number of esters is 1. The third-order valence-electron chi connectivity index (χ3n) is 3.10. The first-order valence-corrected chi connectivity index (χ1v) is 9.42. The van der Waals surface area contributed by atoms with Gasteiger partial charge in [-0.05, 0) is 36.4 Å². The van der Waals surface area contributed by atoms with Gasteiger partial charge in [0.25, 0.3) is 0 Å². The van der Waals surface area contributed by atoms with Gasteiger partial charge in [-0.25, -0.2) is 13.1 Å². The number of benzene rings is 2. The number of carbonyl (C=O) groups is 1. The Hall–Kier alpha value is -2.09. The molecule has 0 atom stereocenters. The van der Waals surface area contributed by atoms with Crippen LogP contribution in [0.5, 0.6) is 5.75 Å². The Kier molecular flexibility index (Phi) is 7.24. The second kappa shape index (κ2) is 9.41. The van der Waals surface area contributed by atoms with Gasteiger partial charge in [-0.1, -0.05) is 29.8 Å². The Labute approximate surface area is 151 Å². The maximum Gasteiger partial charge on any atom is 0.307 e. The standard InChI is InChI=1S/C17H18ClNO5S/c18-14-6-8-15(9-7-14)23-12-13-24-17(20)10-11-19-25(21,22)16-4-2-1-3-5-16/h1-9,19H,10-13H2. The van der Waals surface area contributed by atoms with Crippen LogP contribution in [0, 0.1) is 0 Å². The van der Waals surface area contributed by atoms with Crippen molar-refractivity contribution in [2.24, 2.45) is 0 Å². The summed E-state index contributed by atoms with van der Waals surface area (Å²) in [6.07, 6.45) is -0.0625. The van der Waals surface area contributed by atoms with E-state index in [4.69, 9.17) is 21.1 Å². The number of hydrogen-bond donors (Lipinski definition) is 1. The van der Waals surface area contributed by atoms with Crippen molar-refractivity contribution >= 4 is 27.6 Å². The van der Waals surface area contributed by atoms with Gasteiger partial charge < -0.3 is 9.47 Å². The molecule has 2 rings (SSSR count). The Morgan fingerprint density at radius 2 is 1.68 bits per heavy atom. The molecule has 0 aromatic heterocycles. The summed E-state index contributed by atoms with van der Waals surface area (Å²) in [6.45, 7) is 0.240. The molecule has 8 heteroatoms. The molecule has 0 radical (unpaired) electrons. The molecule has 0 aliphatic heterocycles. The van der Waals surface area contributed by atoms with Crippen LogP contribution in [0.2, 0.25) is 5.02 Å². The lowest BCUT2D eigenvalue weighted by Crippen LogP contribution is -2.27. The van der Waals surface area contributed by atoms with E-state index in [-0.39, 0.29) is 31.1 Å². The van der Waals surface area contributed by atoms with Gasteiger partial charge in [-0.3, -0.25) is 4.79 Å². The summed E-state index contributed by atoms with van der Waals surface area (Å²) in [5.74, 6) is 0.117. The topological polar surface area (TPSA) is 81.7 Å². The molecule has 0 aliphatic carbocycles. The van der Waals surface area contributed by atoms with Gasteiger partial charge in [0.05, 0.1) is 11.3 Å². The second-order valence-electron chi connectivity index (χ2n) is 4.98. The van der Waals surface area contributed by atoms with Crippen LogP contribution in [0.25, 0.3) is 0 Å². The molecule has 0 aliphatic rings. The summed E-state index contributed by atoms with van der Waals surface area (Å²) in [6, 6.07) is 14.8. The van der Waals surface area contributed by atoms with Crippen LogP contribution in [0.15, 0.2) is 59.5 Å². The summed E-state index contributed by atoms with van der Waals surface area (Å²) in [7, 11) is -3.61. The highest BCUT2D eigenvalue weighted by Gasteiger charge is 2.13. The van der Waals surface area contributed by atoms with E-state index in [0.717, 1.165) is 0 Å². The highest BCUT2D eigenvalue weighted by molar-refractivity contribution is 7.89. The predicted molar refractivity (Wildman–Crippen MR) is 94.2 cm³/mol. The van der Waals surface area contributed by atoms with Gasteiger partial charge >= 0.3 is 5.97 Å². The first-order chi connectivity index (χ1) is 12.0. The largest absolute Gasteiger partial charge is 0.490 e. The second-order valence-corrected chi connectivity index (χ2v) is 7.19. The average molecular weight is 384 g/mol. The van der Waals surface area contributed by atoms with E-state index in [1.165, 1.54) is 12.1 Å². The van der Waals surface area contributed by atoms with Crippen molar-refractivity contribution in [3.63, 3.8) is 0 Å². The lowest BCUT2D eigenvalue weighted by atomic mass is 10.3. The zero-order valence-corrected chi connectivity index (χ0v) is 14.9. The molecule has 2 aromatic carbocycles. The highest BCUT2D eigenvalue weighted by atomic mass is 35.5. The lowest BCUT2D eigenvalue weighted by molar-refractivity contribution is -0.144. The Bertz CT molecular complexity index is 778. The van der Waals surface area contributed by atoms with Crippen molar-refractivity contribution in [1.29, 1.82) is 0 Å². The summed E-state index contributed by atoms with van der Waals surface area (Å²) < 4.78 is 36.6. The number of nitrogens with one attached hydrogen (secondary N) is 1. The van der Waals surface area contributed by atoms with E-state index in [1.54, 1.807) is 42.5 Å². The minimum Gasteiger partial charge on any atom is -0.490 e. The molecule has 0 unspecified atom stereocenters. The van der Waals surface area contributed by atoms with Crippen molar-refractivity contribution in [2.45, 2.75) is 11.3 Å². The predicted octanol–water partition coefficient (Wildman–Crippen LogP) is 2.63. The Morgan fingerprint density at radius 3 is 2.36 bits per heavy atom. The third-order valence-corrected chi connectivity index (χ3v) is 4.83. The van der Waals surface area contributed by atoms with Crippen LogP contribution < -0.4 is 9.46 Å². The van der Waals surface area contributed by atoms with Crippen LogP contribution in [-0.2, 0) is 19.6 Å². The third kappa shape index (κ3) is 6.74. The van der Waals surface area contributed by atoms with Gasteiger partial charge in [0.2, 0.25) is 10.0 Å². The van der Waals surface area contributed by atoms with E-state index in [2.05, 4.69) is 4.72 Å². The fourth-order valence-corrected chi connectivity index (χ4v) is 3.07. The Balaban J connectivity index is 1.63. The highest BCUT2D eigenvalue weighted by Crippen LogP contribution is 2.15. The van der Waals surface area contributed by atoms with Crippen LogP contribution >= 0.6 is 11.6 Å². The fourth-order valence-electron chi connectivity index (χ4n) is 1.89. The first-order valence-electron chi connectivity index (χ1n) is 7.56. The molecule has 0 fully saturated rings. The zero-order valence-electron chi connectivity index (χ0n) is 13.4. The van der Waals surface area contributed by atoms with E-state index >= 15 is 0 Å². The quantitative estimate of drug-likeness (QED) is 0.531. The molecule has 0 bridgehead atoms. The molecule has 1 N–H and O–H groups in total. The molecule has 25 heavy (non-hydrogen) atoms. The molecule has 0 saturated heterocycles. The average Bonchev–Trinajstić information content (AvgIpc) is 2.61. The summed E-state index contributed by atoms with van der Waals surface area (Å²) in [5, 5.41) is 0.608. The molecule has 6 nitrogen and oxygen atoms in total. The van der Waals surface area contributed by atoms with Crippen molar-refractivity contribution in [3.8, 4) is 5.75 Å². The van der Waals surface area contributed by atoms with Gasteiger partial charge in [0.1, 0.15) is 19.0 Å². The molecule has 0 spiro atoms. The molecular weight excluding hydrogens is 366 g/mol. The number of ether oxygens (including phenoxy) is 2. The smallest absolute Gasteiger partial charge is 0.307 e. The van der Waals surface area contributed by atoms with Crippen LogP contribution in [-0.4, -0.2) is 34.1 Å². The van der Waals surface area contributed by atoms with Gasteiger partial charge in [0.15, 0.2) is 0 Å². The molecule has 0 saturated carbocycles. The SMILES string of the molecule is O=C(CCNS(=O)(=O)c1ccccc1)OCCOc1ccc(Cl)cc1. The van der Waals surface area contributed by atoms with E-state index < -0.39 is 16.0 Å². The van der Waals surface area contributed by atoms with Gasteiger partial charge in [-0.15, -0.1) is 0 Å². The summed E-state index contributed by atoms with van der Waals surface area (Å²) in [4.78, 5) is 11.7. The first kappa shape index (κ1) is 19.2. The summed E-state index contributed by atoms with van der Waals surface area (Å²) >= 11 is 5.76. The normalized spacial score (nSPS) is 11.1. The van der Waals surface area contributed by atoms with Crippen LogP contribution in [0.3, 0.4) is 0 Å². The molecule has 134 valence electrons. The van der Waals surface area contributed by atoms with E-state index in [0.29, 0.717) is 10.8 Å². The van der Waals surface area contributed by atoms with Crippen molar-refractivity contribution in [2.75, 3.05) is 19.8 Å². The van der Waals surface area contributed by atoms with Crippen molar-refractivity contribution in [1.82, 2.24) is 4.72 Å². The maximum absolute atomic E-state index is 12.0. The fraction of sp³-hybridized carbons (Fsp3) is 0.235.